The molecule has 0 aromatic rings. The number of carbonyl (C=O) groups is 2. The lowest BCUT2D eigenvalue weighted by Gasteiger charge is -2.22. The van der Waals surface area contributed by atoms with Crippen molar-refractivity contribution in [3.05, 3.63) is 24.3 Å². The number of unbranched alkanes of at least 4 members (excludes halogenated alkanes) is 52. The van der Waals surface area contributed by atoms with Crippen LogP contribution in [0.5, 0.6) is 0 Å². The third-order valence-corrected chi connectivity index (χ3v) is 16.7. The van der Waals surface area contributed by atoms with E-state index in [0.29, 0.717) is 25.9 Å². The van der Waals surface area contributed by atoms with Gasteiger partial charge in [-0.05, 0) is 77.0 Å². The molecule has 0 bridgehead atoms. The van der Waals surface area contributed by atoms with Gasteiger partial charge in [0.05, 0.1) is 25.4 Å². The normalized spacial score (nSPS) is 12.6. The summed E-state index contributed by atoms with van der Waals surface area (Å²) >= 11 is 0. The number of hydrogen-bond acceptors (Lipinski definition) is 5. The van der Waals surface area contributed by atoms with E-state index in [-0.39, 0.29) is 18.5 Å². The first-order valence-corrected chi connectivity index (χ1v) is 35.6. The Morgan fingerprint density at radius 2 is 0.603 bits per heavy atom. The van der Waals surface area contributed by atoms with Crippen molar-refractivity contribution in [3.8, 4) is 0 Å². The molecule has 0 fully saturated rings. The van der Waals surface area contributed by atoms with Gasteiger partial charge in [0.2, 0.25) is 5.91 Å². The van der Waals surface area contributed by atoms with Crippen molar-refractivity contribution in [2.75, 3.05) is 13.2 Å². The van der Waals surface area contributed by atoms with Crippen molar-refractivity contribution < 1.29 is 24.5 Å². The SMILES string of the molecule is CCCCCCCCC/C=C\CCCCCCCC(=O)OCCCCCCCCCCCCCC/C=C\CCCCCCCCCCCCCCCC(=O)NC(CO)C(O)CCCCCCCCCCCCCCCCCC. The summed E-state index contributed by atoms with van der Waals surface area (Å²) in [5, 5.41) is 23.4. The summed E-state index contributed by atoms with van der Waals surface area (Å²) in [4.78, 5) is 24.6. The summed E-state index contributed by atoms with van der Waals surface area (Å²) in [6.45, 7) is 4.98. The molecule has 78 heavy (non-hydrogen) atoms. The minimum Gasteiger partial charge on any atom is -0.466 e. The quantitative estimate of drug-likeness (QED) is 0.0320. The molecule has 0 heterocycles. The van der Waals surface area contributed by atoms with E-state index in [0.717, 1.165) is 44.9 Å². The van der Waals surface area contributed by atoms with Crippen LogP contribution in [0.3, 0.4) is 0 Å². The predicted octanol–water partition coefficient (Wildman–Crippen LogP) is 22.9. The lowest BCUT2D eigenvalue weighted by Crippen LogP contribution is -2.45. The number of aliphatic hydroxyl groups is 2. The molecular formula is C72H139NO5. The zero-order valence-electron chi connectivity index (χ0n) is 52.9. The van der Waals surface area contributed by atoms with Crippen LogP contribution >= 0.6 is 0 Å². The van der Waals surface area contributed by atoms with E-state index in [2.05, 4.69) is 43.5 Å². The molecule has 6 heteroatoms. The molecule has 0 aliphatic carbocycles. The van der Waals surface area contributed by atoms with Gasteiger partial charge in [-0.25, -0.2) is 0 Å². The summed E-state index contributed by atoms with van der Waals surface area (Å²) in [6, 6.07) is -0.541. The minimum atomic E-state index is -0.663. The average molecular weight is 1100 g/mol. The fraction of sp³-hybridized carbons (Fsp3) is 0.917. The second-order valence-corrected chi connectivity index (χ2v) is 24.6. The molecule has 1 amide bonds. The molecule has 0 aliphatic rings. The molecule has 462 valence electrons. The van der Waals surface area contributed by atoms with E-state index < -0.39 is 12.1 Å². The van der Waals surface area contributed by atoms with Gasteiger partial charge < -0.3 is 20.3 Å². The van der Waals surface area contributed by atoms with Crippen LogP contribution in [0.2, 0.25) is 0 Å². The third kappa shape index (κ3) is 63.5. The van der Waals surface area contributed by atoms with Crippen molar-refractivity contribution in [2.24, 2.45) is 0 Å². The van der Waals surface area contributed by atoms with Gasteiger partial charge in [-0.3, -0.25) is 9.59 Å². The maximum absolute atomic E-state index is 12.5. The smallest absolute Gasteiger partial charge is 0.305 e. The van der Waals surface area contributed by atoms with Crippen LogP contribution < -0.4 is 5.32 Å². The summed E-state index contributed by atoms with van der Waals surface area (Å²) in [5.41, 5.74) is 0. The number of esters is 1. The van der Waals surface area contributed by atoms with Gasteiger partial charge in [-0.2, -0.15) is 0 Å². The molecule has 0 rings (SSSR count). The Hall–Kier alpha value is -1.66. The van der Waals surface area contributed by atoms with Crippen molar-refractivity contribution >= 4 is 11.9 Å². The molecular weight excluding hydrogens is 959 g/mol. The number of nitrogens with one attached hydrogen (secondary N) is 1. The topological polar surface area (TPSA) is 95.9 Å². The molecule has 3 N–H and O–H groups in total. The first kappa shape index (κ1) is 76.3. The first-order chi connectivity index (χ1) is 38.5. The van der Waals surface area contributed by atoms with Gasteiger partial charge in [0, 0.05) is 12.8 Å². The zero-order chi connectivity index (χ0) is 56.4. The molecule has 0 aliphatic heterocycles. The van der Waals surface area contributed by atoms with Gasteiger partial charge in [0.1, 0.15) is 0 Å². The number of carbonyl (C=O) groups excluding carboxylic acids is 2. The predicted molar refractivity (Wildman–Crippen MR) is 343 cm³/mol. The van der Waals surface area contributed by atoms with Gasteiger partial charge >= 0.3 is 5.97 Å². The van der Waals surface area contributed by atoms with Crippen molar-refractivity contribution in [2.45, 2.75) is 411 Å². The second kappa shape index (κ2) is 67.8. The van der Waals surface area contributed by atoms with Crippen LogP contribution in [0, 0.1) is 0 Å². The Morgan fingerprint density at radius 1 is 0.346 bits per heavy atom. The van der Waals surface area contributed by atoms with E-state index >= 15 is 0 Å². The molecule has 0 saturated heterocycles. The van der Waals surface area contributed by atoms with Crippen LogP contribution in [-0.4, -0.2) is 47.4 Å². The van der Waals surface area contributed by atoms with E-state index in [1.165, 1.54) is 321 Å². The summed E-state index contributed by atoms with van der Waals surface area (Å²) < 4.78 is 5.49. The third-order valence-electron chi connectivity index (χ3n) is 16.7. The lowest BCUT2D eigenvalue weighted by atomic mass is 10.0. The molecule has 2 atom stereocenters. The molecule has 6 nitrogen and oxygen atoms in total. The van der Waals surface area contributed by atoms with Crippen LogP contribution in [0.15, 0.2) is 24.3 Å². The van der Waals surface area contributed by atoms with Gasteiger partial charge in [-0.15, -0.1) is 0 Å². The maximum atomic E-state index is 12.5. The summed E-state index contributed by atoms with van der Waals surface area (Å²) in [5.74, 6) is -0.0211. The van der Waals surface area contributed by atoms with E-state index in [4.69, 9.17) is 4.74 Å². The van der Waals surface area contributed by atoms with E-state index in [1.54, 1.807) is 0 Å². The number of rotatable bonds is 67. The van der Waals surface area contributed by atoms with E-state index in [1.807, 2.05) is 0 Å². The minimum absolute atomic E-state index is 0.00982. The highest BCUT2D eigenvalue weighted by atomic mass is 16.5. The van der Waals surface area contributed by atoms with Gasteiger partial charge in [-0.1, -0.05) is 334 Å². The Bertz CT molecular complexity index is 1220. The van der Waals surface area contributed by atoms with Crippen molar-refractivity contribution in [3.63, 3.8) is 0 Å². The number of aliphatic hydroxyl groups excluding tert-OH is 2. The molecule has 0 radical (unpaired) electrons. The summed E-state index contributed by atoms with van der Waals surface area (Å²) in [7, 11) is 0. The van der Waals surface area contributed by atoms with Gasteiger partial charge in [0.15, 0.2) is 0 Å². The van der Waals surface area contributed by atoms with E-state index in [9.17, 15) is 19.8 Å². The highest BCUT2D eigenvalue weighted by Gasteiger charge is 2.20. The number of allylic oxidation sites excluding steroid dienone is 4. The number of hydrogen-bond donors (Lipinski definition) is 3. The highest BCUT2D eigenvalue weighted by Crippen LogP contribution is 2.19. The molecule has 2 unspecified atom stereocenters. The molecule has 0 spiro atoms. The fourth-order valence-corrected chi connectivity index (χ4v) is 11.3. The second-order valence-electron chi connectivity index (χ2n) is 24.6. The fourth-order valence-electron chi connectivity index (χ4n) is 11.3. The maximum Gasteiger partial charge on any atom is 0.305 e. The zero-order valence-corrected chi connectivity index (χ0v) is 52.9. The number of ether oxygens (including phenoxy) is 1. The number of amides is 1. The Kier molecular flexibility index (Phi) is 66.4. The first-order valence-electron chi connectivity index (χ1n) is 35.6. The molecule has 0 aromatic heterocycles. The van der Waals surface area contributed by atoms with Crippen LogP contribution in [-0.2, 0) is 14.3 Å². The van der Waals surface area contributed by atoms with Crippen LogP contribution in [0.4, 0.5) is 0 Å². The molecule has 0 saturated carbocycles. The van der Waals surface area contributed by atoms with Gasteiger partial charge in [0.25, 0.3) is 0 Å². The largest absolute Gasteiger partial charge is 0.466 e. The standard InChI is InChI=1S/C72H139NO5/c1-3-5-7-9-11-13-15-17-19-36-40-44-48-52-56-60-64-70(75)69(68-74)73-71(76)65-61-57-53-49-45-41-37-34-32-30-28-26-24-22-21-23-25-27-29-31-33-35-39-43-47-51-55-59-63-67-78-72(77)66-62-58-54-50-46-42-38-20-18-16-14-12-10-8-6-4-2/h20-21,23,38,69-70,74-75H,3-19,22,24-37,39-68H2,1-2H3,(H,73,76)/b23-21-,38-20-. The highest BCUT2D eigenvalue weighted by molar-refractivity contribution is 5.76. The van der Waals surface area contributed by atoms with Crippen LogP contribution in [0.1, 0.15) is 399 Å². The Morgan fingerprint density at radius 3 is 0.910 bits per heavy atom. The average Bonchev–Trinajstić information content (AvgIpc) is 3.44. The Labute approximate surface area is 488 Å². The van der Waals surface area contributed by atoms with Crippen molar-refractivity contribution in [1.82, 2.24) is 5.32 Å². The monoisotopic (exact) mass is 1100 g/mol. The van der Waals surface area contributed by atoms with Crippen molar-refractivity contribution in [1.29, 1.82) is 0 Å². The summed E-state index contributed by atoms with van der Waals surface area (Å²) in [6.07, 6.45) is 85.1. The molecule has 0 aromatic carbocycles. The Balaban J connectivity index is 3.36. The van der Waals surface area contributed by atoms with Crippen LogP contribution in [0.25, 0.3) is 0 Å². The lowest BCUT2D eigenvalue weighted by molar-refractivity contribution is -0.143.